The van der Waals surface area contributed by atoms with Crippen LogP contribution in [-0.4, -0.2) is 31.0 Å². The summed E-state index contributed by atoms with van der Waals surface area (Å²) in [7, 11) is 0. The van der Waals surface area contributed by atoms with Crippen LogP contribution in [0.25, 0.3) is 0 Å². The molecule has 1 spiro atoms. The Hall–Kier alpha value is -0.620. The molecule has 6 heteroatoms. The maximum Gasteiger partial charge on any atom is 0.292 e. The summed E-state index contributed by atoms with van der Waals surface area (Å²) in [5, 5.41) is 1.28. The van der Waals surface area contributed by atoms with Crippen LogP contribution in [0, 0.1) is 0 Å². The Morgan fingerprint density at radius 2 is 2.11 bits per heavy atom. The lowest BCUT2D eigenvalue weighted by molar-refractivity contribution is -0.256. The fourth-order valence-electron chi connectivity index (χ4n) is 2.53. The van der Waals surface area contributed by atoms with Crippen LogP contribution in [0.3, 0.4) is 0 Å². The zero-order valence-electron chi connectivity index (χ0n) is 10.2. The molecule has 4 nitrogen and oxygen atoms in total. The number of alkyl halides is 1. The van der Waals surface area contributed by atoms with Gasteiger partial charge in [0.2, 0.25) is 0 Å². The molecule has 0 radical (unpaired) electrons. The van der Waals surface area contributed by atoms with Gasteiger partial charge in [-0.3, -0.25) is 4.79 Å². The number of carbonyl (C=O) groups is 1. The van der Waals surface area contributed by atoms with Gasteiger partial charge in [0, 0.05) is 22.5 Å². The van der Waals surface area contributed by atoms with Gasteiger partial charge in [-0.15, -0.1) is 0 Å². The molecule has 3 rings (SSSR count). The average Bonchev–Trinajstić information content (AvgIpc) is 2.63. The highest BCUT2D eigenvalue weighted by Crippen LogP contribution is 2.45. The molecule has 0 aromatic heterocycles. The molecule has 19 heavy (non-hydrogen) atoms. The Kier molecular flexibility index (Phi) is 3.55. The third kappa shape index (κ3) is 2.00. The topological polar surface area (TPSA) is 38.8 Å². The molecule has 0 bridgehead atoms. The minimum absolute atomic E-state index is 0.163. The number of halogens is 2. The zero-order valence-corrected chi connectivity index (χ0v) is 12.5. The minimum atomic E-state index is -1.26. The van der Waals surface area contributed by atoms with Gasteiger partial charge in [0.15, 0.2) is 0 Å². The van der Waals surface area contributed by atoms with Crippen LogP contribution in [0.1, 0.15) is 12.0 Å². The van der Waals surface area contributed by atoms with Crippen molar-refractivity contribution < 1.29 is 14.3 Å². The zero-order chi connectivity index (χ0) is 13.5. The van der Waals surface area contributed by atoms with E-state index in [4.69, 9.17) is 21.1 Å². The lowest BCUT2D eigenvalue weighted by atomic mass is 10.1. The molecule has 102 valence electrons. The van der Waals surface area contributed by atoms with Gasteiger partial charge in [0.1, 0.15) is 0 Å². The van der Waals surface area contributed by atoms with Gasteiger partial charge in [-0.1, -0.05) is 27.5 Å². The van der Waals surface area contributed by atoms with Crippen molar-refractivity contribution in [3.63, 3.8) is 0 Å². The van der Waals surface area contributed by atoms with Gasteiger partial charge in [0.05, 0.1) is 18.9 Å². The molecule has 2 heterocycles. The predicted molar refractivity (Wildman–Crippen MR) is 75.8 cm³/mol. The van der Waals surface area contributed by atoms with E-state index in [1.54, 1.807) is 17.0 Å². The summed E-state index contributed by atoms with van der Waals surface area (Å²) < 4.78 is 11.4. The molecule has 0 unspecified atom stereocenters. The number of ether oxygens (including phenoxy) is 2. The summed E-state index contributed by atoms with van der Waals surface area (Å²) in [6.07, 6.45) is 0.802. The smallest absolute Gasteiger partial charge is 0.292 e. The minimum Gasteiger partial charge on any atom is -0.338 e. The summed E-state index contributed by atoms with van der Waals surface area (Å²) in [5.41, 5.74) is 1.53. The number of amides is 1. The van der Waals surface area contributed by atoms with Crippen molar-refractivity contribution in [1.82, 2.24) is 0 Å². The van der Waals surface area contributed by atoms with Gasteiger partial charge in [-0.25, -0.2) is 0 Å². The molecular formula is C13H13BrClNO3. The van der Waals surface area contributed by atoms with E-state index < -0.39 is 5.79 Å². The maximum atomic E-state index is 12.7. The van der Waals surface area contributed by atoms with E-state index in [-0.39, 0.29) is 5.91 Å². The Morgan fingerprint density at radius 3 is 2.79 bits per heavy atom. The Bertz CT molecular complexity index is 517. The normalized spacial score (nSPS) is 20.9. The first-order valence-corrected chi connectivity index (χ1v) is 7.65. The lowest BCUT2D eigenvalue weighted by Crippen LogP contribution is -2.47. The third-order valence-corrected chi connectivity index (χ3v) is 3.93. The Morgan fingerprint density at radius 1 is 1.37 bits per heavy atom. The largest absolute Gasteiger partial charge is 0.338 e. The molecule has 2 aliphatic heterocycles. The van der Waals surface area contributed by atoms with E-state index in [1.165, 1.54) is 0 Å². The van der Waals surface area contributed by atoms with E-state index in [0.717, 1.165) is 17.7 Å². The molecule has 1 aromatic carbocycles. The molecule has 0 aliphatic carbocycles. The number of hydrogen-bond donors (Lipinski definition) is 0. The Labute approximate surface area is 124 Å². The SMILES string of the molecule is O=C1N(CCBr)c2cc(Cl)ccc2C12OCCCO2. The molecule has 1 saturated heterocycles. The van der Waals surface area contributed by atoms with Gasteiger partial charge in [0.25, 0.3) is 11.7 Å². The molecule has 1 amide bonds. The highest BCUT2D eigenvalue weighted by molar-refractivity contribution is 9.09. The highest BCUT2D eigenvalue weighted by Gasteiger charge is 2.54. The van der Waals surface area contributed by atoms with Crippen molar-refractivity contribution in [3.05, 3.63) is 28.8 Å². The van der Waals surface area contributed by atoms with E-state index in [9.17, 15) is 4.79 Å². The fraction of sp³-hybridized carbons (Fsp3) is 0.462. The van der Waals surface area contributed by atoms with E-state index in [0.29, 0.717) is 30.1 Å². The number of benzene rings is 1. The molecule has 0 saturated carbocycles. The second-order valence-corrected chi connectivity index (χ2v) is 5.70. The maximum absolute atomic E-state index is 12.7. The quantitative estimate of drug-likeness (QED) is 0.773. The number of nitrogens with zero attached hydrogens (tertiary/aromatic N) is 1. The summed E-state index contributed by atoms with van der Waals surface area (Å²) >= 11 is 9.39. The van der Waals surface area contributed by atoms with Crippen LogP contribution in [0.2, 0.25) is 5.02 Å². The molecule has 2 aliphatic rings. The van der Waals surface area contributed by atoms with Crippen molar-refractivity contribution in [2.24, 2.45) is 0 Å². The number of carbonyl (C=O) groups excluding carboxylic acids is 1. The number of fused-ring (bicyclic) bond motifs is 2. The second-order valence-electron chi connectivity index (χ2n) is 4.47. The van der Waals surface area contributed by atoms with E-state index >= 15 is 0 Å². The van der Waals surface area contributed by atoms with Crippen LogP contribution in [0.5, 0.6) is 0 Å². The van der Waals surface area contributed by atoms with Crippen LogP contribution in [0.15, 0.2) is 18.2 Å². The molecule has 0 N–H and O–H groups in total. The fourth-order valence-corrected chi connectivity index (χ4v) is 3.05. The van der Waals surface area contributed by atoms with Crippen molar-refractivity contribution >= 4 is 39.1 Å². The van der Waals surface area contributed by atoms with Gasteiger partial charge in [-0.05, 0) is 24.6 Å². The number of rotatable bonds is 2. The molecule has 1 fully saturated rings. The summed E-state index contributed by atoms with van der Waals surface area (Å²) in [6.45, 7) is 1.60. The van der Waals surface area contributed by atoms with Crippen molar-refractivity contribution in [2.45, 2.75) is 12.2 Å². The second kappa shape index (κ2) is 5.05. The van der Waals surface area contributed by atoms with Crippen LogP contribution in [-0.2, 0) is 20.1 Å². The van der Waals surface area contributed by atoms with Crippen molar-refractivity contribution in [3.8, 4) is 0 Å². The van der Waals surface area contributed by atoms with Crippen molar-refractivity contribution in [1.29, 1.82) is 0 Å². The predicted octanol–water partition coefficient (Wildman–Crippen LogP) is 2.67. The van der Waals surface area contributed by atoms with Gasteiger partial charge in [-0.2, -0.15) is 0 Å². The molecular weight excluding hydrogens is 334 g/mol. The van der Waals surface area contributed by atoms with E-state index in [1.807, 2.05) is 6.07 Å². The number of anilines is 1. The average molecular weight is 347 g/mol. The summed E-state index contributed by atoms with van der Waals surface area (Å²) in [5.74, 6) is -1.43. The molecule has 1 aromatic rings. The first-order valence-electron chi connectivity index (χ1n) is 6.15. The lowest BCUT2D eigenvalue weighted by Gasteiger charge is -2.32. The molecule has 0 atom stereocenters. The van der Waals surface area contributed by atoms with Crippen molar-refractivity contribution in [2.75, 3.05) is 30.0 Å². The highest BCUT2D eigenvalue weighted by atomic mass is 79.9. The van der Waals surface area contributed by atoms with E-state index in [2.05, 4.69) is 15.9 Å². The standard InChI is InChI=1S/C13H13BrClNO3/c14-4-5-16-11-8-9(15)2-3-10(11)13(12(16)17)18-6-1-7-19-13/h2-3,8H,1,4-7H2. The first-order chi connectivity index (χ1) is 9.19. The monoisotopic (exact) mass is 345 g/mol. The van der Waals surface area contributed by atoms with Gasteiger partial charge < -0.3 is 14.4 Å². The van der Waals surface area contributed by atoms with Crippen LogP contribution >= 0.6 is 27.5 Å². The van der Waals surface area contributed by atoms with Crippen LogP contribution < -0.4 is 4.90 Å². The number of hydrogen-bond acceptors (Lipinski definition) is 3. The van der Waals surface area contributed by atoms with Gasteiger partial charge >= 0.3 is 0 Å². The van der Waals surface area contributed by atoms with Crippen LogP contribution in [0.4, 0.5) is 5.69 Å². The summed E-state index contributed by atoms with van der Waals surface area (Å²) in [6, 6.07) is 5.36. The summed E-state index contributed by atoms with van der Waals surface area (Å²) in [4.78, 5) is 14.3. The third-order valence-electron chi connectivity index (χ3n) is 3.34. The first kappa shape index (κ1) is 13.4. The Balaban J connectivity index is 2.11.